The summed E-state index contributed by atoms with van der Waals surface area (Å²) in [7, 11) is -2.13. The van der Waals surface area contributed by atoms with Crippen LogP contribution < -0.4 is 19.5 Å². The summed E-state index contributed by atoms with van der Waals surface area (Å²) < 4.78 is 39.3. The van der Waals surface area contributed by atoms with Gasteiger partial charge in [-0.05, 0) is 62.4 Å². The van der Waals surface area contributed by atoms with Crippen LogP contribution >= 0.6 is 0 Å². The smallest absolute Gasteiger partial charge is 0.321 e. The summed E-state index contributed by atoms with van der Waals surface area (Å²) in [4.78, 5) is 14.5. The summed E-state index contributed by atoms with van der Waals surface area (Å²) in [5, 5.41) is 2.88. The fourth-order valence-corrected chi connectivity index (χ4v) is 5.03. The number of ether oxygens (including phenoxy) is 2. The van der Waals surface area contributed by atoms with Crippen molar-refractivity contribution >= 4 is 21.7 Å². The number of urea groups is 1. The lowest BCUT2D eigenvalue weighted by molar-refractivity contribution is 0.183. The van der Waals surface area contributed by atoms with Gasteiger partial charge in [-0.15, -0.1) is 0 Å². The predicted molar refractivity (Wildman–Crippen MR) is 124 cm³/mol. The summed E-state index contributed by atoms with van der Waals surface area (Å²) >= 11 is 0. The van der Waals surface area contributed by atoms with Crippen LogP contribution in [-0.4, -0.2) is 52.7 Å². The van der Waals surface area contributed by atoms with E-state index in [1.165, 1.54) is 0 Å². The van der Waals surface area contributed by atoms with Gasteiger partial charge >= 0.3 is 6.03 Å². The van der Waals surface area contributed by atoms with Crippen molar-refractivity contribution in [3.63, 3.8) is 0 Å². The van der Waals surface area contributed by atoms with Crippen LogP contribution in [0.5, 0.6) is 11.5 Å². The van der Waals surface area contributed by atoms with Crippen LogP contribution in [0, 0.1) is 12.8 Å². The van der Waals surface area contributed by atoms with Crippen molar-refractivity contribution in [1.29, 1.82) is 0 Å². The van der Waals surface area contributed by atoms with E-state index >= 15 is 0 Å². The molecule has 2 amide bonds. The highest BCUT2D eigenvalue weighted by molar-refractivity contribution is 7.89. The number of methoxy groups -OCH3 is 1. The molecular formula is C23H31N3O5S. The van der Waals surface area contributed by atoms with Crippen molar-refractivity contribution in [2.75, 3.05) is 38.7 Å². The van der Waals surface area contributed by atoms with E-state index in [0.717, 1.165) is 5.56 Å². The van der Waals surface area contributed by atoms with Crippen LogP contribution in [0.15, 0.2) is 47.4 Å². The molecule has 32 heavy (non-hydrogen) atoms. The molecule has 3 rings (SSSR count). The molecule has 0 bridgehead atoms. The summed E-state index contributed by atoms with van der Waals surface area (Å²) in [6.07, 6.45) is 1.43. The Morgan fingerprint density at radius 3 is 2.53 bits per heavy atom. The molecule has 1 aliphatic heterocycles. The van der Waals surface area contributed by atoms with Crippen LogP contribution in [0.3, 0.4) is 0 Å². The third-order valence-corrected chi connectivity index (χ3v) is 6.95. The van der Waals surface area contributed by atoms with Gasteiger partial charge in [0.1, 0.15) is 16.4 Å². The molecule has 0 radical (unpaired) electrons. The number of rotatable bonds is 8. The van der Waals surface area contributed by atoms with E-state index < -0.39 is 10.0 Å². The number of nitrogens with one attached hydrogen (secondary N) is 2. The Balaban J connectivity index is 1.54. The van der Waals surface area contributed by atoms with Crippen LogP contribution in [0.25, 0.3) is 0 Å². The van der Waals surface area contributed by atoms with E-state index in [4.69, 9.17) is 9.47 Å². The first-order valence-corrected chi connectivity index (χ1v) is 12.2. The summed E-state index contributed by atoms with van der Waals surface area (Å²) in [5.74, 6) is 1.11. The first-order valence-electron chi connectivity index (χ1n) is 10.8. The third kappa shape index (κ3) is 5.92. The zero-order valence-corrected chi connectivity index (χ0v) is 19.6. The molecule has 2 aromatic carbocycles. The number of hydrogen-bond donors (Lipinski definition) is 2. The number of piperidine rings is 1. The molecule has 0 spiro atoms. The van der Waals surface area contributed by atoms with E-state index in [1.54, 1.807) is 36.3 Å². The largest absolute Gasteiger partial charge is 0.495 e. The molecule has 1 heterocycles. The molecule has 2 N–H and O–H groups in total. The second-order valence-corrected chi connectivity index (χ2v) is 9.53. The Bertz CT molecular complexity index is 1030. The number of para-hydroxylation sites is 2. The summed E-state index contributed by atoms with van der Waals surface area (Å²) in [5.41, 5.74) is 1.47. The molecule has 0 aliphatic carbocycles. The highest BCUT2D eigenvalue weighted by Gasteiger charge is 2.26. The van der Waals surface area contributed by atoms with Gasteiger partial charge in [-0.2, -0.15) is 0 Å². The molecular weight excluding hydrogens is 430 g/mol. The van der Waals surface area contributed by atoms with Crippen molar-refractivity contribution in [2.24, 2.45) is 5.92 Å². The second kappa shape index (κ2) is 10.7. The zero-order chi connectivity index (χ0) is 23.1. The maximum atomic E-state index is 12.9. The Labute approximate surface area is 190 Å². The first kappa shape index (κ1) is 23.9. The zero-order valence-electron chi connectivity index (χ0n) is 18.8. The van der Waals surface area contributed by atoms with Crippen molar-refractivity contribution in [2.45, 2.75) is 31.6 Å². The minimum atomic E-state index is -3.70. The van der Waals surface area contributed by atoms with Gasteiger partial charge in [0.15, 0.2) is 0 Å². The first-order chi connectivity index (χ1) is 15.3. The van der Waals surface area contributed by atoms with Crippen molar-refractivity contribution in [1.82, 2.24) is 9.62 Å². The van der Waals surface area contributed by atoms with Gasteiger partial charge in [0.2, 0.25) is 10.0 Å². The maximum absolute atomic E-state index is 12.9. The van der Waals surface area contributed by atoms with Crippen LogP contribution in [-0.2, 0) is 10.0 Å². The molecule has 9 heteroatoms. The number of benzene rings is 2. The normalized spacial score (nSPS) is 14.8. The number of anilines is 1. The van der Waals surface area contributed by atoms with Crippen LogP contribution in [0.2, 0.25) is 0 Å². The molecule has 0 atom stereocenters. The quantitative estimate of drug-likeness (QED) is 0.626. The topological polar surface area (TPSA) is 97.0 Å². The SMILES string of the molecule is CCOc1ccc(C)cc1S(=O)(=O)NCC1CCN(C(=O)Nc2ccccc2OC)CC1. The van der Waals surface area contributed by atoms with Gasteiger partial charge in [0.25, 0.3) is 0 Å². The fraction of sp³-hybridized carbons (Fsp3) is 0.435. The number of nitrogens with zero attached hydrogens (tertiary/aromatic N) is 1. The lowest BCUT2D eigenvalue weighted by atomic mass is 9.97. The molecule has 174 valence electrons. The van der Waals surface area contributed by atoms with E-state index in [1.807, 2.05) is 32.0 Å². The lowest BCUT2D eigenvalue weighted by Gasteiger charge is -2.32. The Morgan fingerprint density at radius 1 is 1.12 bits per heavy atom. The number of likely N-dealkylation sites (tertiary alicyclic amines) is 1. The molecule has 8 nitrogen and oxygen atoms in total. The van der Waals surface area contributed by atoms with Gasteiger partial charge in [-0.1, -0.05) is 18.2 Å². The third-order valence-electron chi connectivity index (χ3n) is 5.50. The Kier molecular flexibility index (Phi) is 7.98. The monoisotopic (exact) mass is 461 g/mol. The van der Waals surface area contributed by atoms with E-state index in [9.17, 15) is 13.2 Å². The van der Waals surface area contributed by atoms with Crippen molar-refractivity contribution in [3.05, 3.63) is 48.0 Å². The number of amides is 2. The number of carbonyl (C=O) groups excluding carboxylic acids is 1. The highest BCUT2D eigenvalue weighted by atomic mass is 32.2. The Hall–Kier alpha value is -2.78. The van der Waals surface area contributed by atoms with Crippen molar-refractivity contribution < 1.29 is 22.7 Å². The molecule has 2 aromatic rings. The standard InChI is InChI=1S/C23H31N3O5S/c1-4-31-21-10-9-17(2)15-22(21)32(28,29)24-16-18-11-13-26(14-12-18)23(27)25-19-7-5-6-8-20(19)30-3/h5-10,15,18,24H,4,11-14,16H2,1-3H3,(H,25,27). The number of carbonyl (C=O) groups is 1. The van der Waals surface area contributed by atoms with Gasteiger partial charge in [0, 0.05) is 19.6 Å². The molecule has 0 unspecified atom stereocenters. The molecule has 0 aromatic heterocycles. The molecule has 1 fully saturated rings. The van der Waals surface area contributed by atoms with E-state index in [-0.39, 0.29) is 16.8 Å². The minimum absolute atomic E-state index is 0.153. The molecule has 1 aliphatic rings. The number of sulfonamides is 1. The fourth-order valence-electron chi connectivity index (χ4n) is 3.69. The average Bonchev–Trinajstić information content (AvgIpc) is 2.79. The number of hydrogen-bond acceptors (Lipinski definition) is 5. The van der Waals surface area contributed by atoms with Gasteiger partial charge in [-0.3, -0.25) is 0 Å². The molecule has 1 saturated heterocycles. The average molecular weight is 462 g/mol. The minimum Gasteiger partial charge on any atom is -0.495 e. The van der Waals surface area contributed by atoms with Crippen molar-refractivity contribution in [3.8, 4) is 11.5 Å². The predicted octanol–water partition coefficient (Wildman–Crippen LogP) is 3.62. The Morgan fingerprint density at radius 2 is 1.84 bits per heavy atom. The van der Waals surface area contributed by atoms with Gasteiger partial charge < -0.3 is 19.7 Å². The lowest BCUT2D eigenvalue weighted by Crippen LogP contribution is -2.43. The van der Waals surface area contributed by atoms with E-state index in [2.05, 4.69) is 10.0 Å². The molecule has 0 saturated carbocycles. The maximum Gasteiger partial charge on any atom is 0.321 e. The second-order valence-electron chi connectivity index (χ2n) is 7.80. The van der Waals surface area contributed by atoms with Gasteiger partial charge in [0.05, 0.1) is 19.4 Å². The van der Waals surface area contributed by atoms with Crippen LogP contribution in [0.1, 0.15) is 25.3 Å². The van der Waals surface area contributed by atoms with Crippen LogP contribution in [0.4, 0.5) is 10.5 Å². The highest BCUT2D eigenvalue weighted by Crippen LogP contribution is 2.27. The summed E-state index contributed by atoms with van der Waals surface area (Å²) in [6, 6.07) is 12.2. The summed E-state index contributed by atoms with van der Waals surface area (Å²) in [6.45, 7) is 5.50. The van der Waals surface area contributed by atoms with E-state index in [0.29, 0.717) is 56.3 Å². The number of aryl methyl sites for hydroxylation is 1. The van der Waals surface area contributed by atoms with Gasteiger partial charge in [-0.25, -0.2) is 17.9 Å².